The van der Waals surface area contributed by atoms with Crippen molar-refractivity contribution in [2.75, 3.05) is 26.3 Å². The summed E-state index contributed by atoms with van der Waals surface area (Å²) in [5, 5.41) is 3.52. The summed E-state index contributed by atoms with van der Waals surface area (Å²) in [7, 11) is 0. The van der Waals surface area contributed by atoms with Crippen LogP contribution >= 0.6 is 0 Å². The lowest BCUT2D eigenvalue weighted by atomic mass is 9.98. The third kappa shape index (κ3) is 17.9. The van der Waals surface area contributed by atoms with E-state index in [4.69, 9.17) is 9.47 Å². The minimum atomic E-state index is -0.308. The third-order valence-corrected chi connectivity index (χ3v) is 7.43. The Labute approximate surface area is 217 Å². The van der Waals surface area contributed by atoms with Crippen molar-refractivity contribution in [1.82, 2.24) is 5.32 Å². The Hall–Kier alpha value is -1.10. The average Bonchev–Trinajstić information content (AvgIpc) is 2.87. The summed E-state index contributed by atoms with van der Waals surface area (Å²) in [5.41, 5.74) is 0. The molecule has 0 radical (unpaired) electrons. The smallest absolute Gasteiger partial charge is 0.310 e. The maximum absolute atomic E-state index is 13.0. The summed E-state index contributed by atoms with van der Waals surface area (Å²) in [6.45, 7) is 15.6. The van der Waals surface area contributed by atoms with Crippen LogP contribution in [0.15, 0.2) is 0 Å². The van der Waals surface area contributed by atoms with E-state index in [2.05, 4.69) is 46.9 Å². The van der Waals surface area contributed by atoms with Crippen LogP contribution in [0.4, 0.5) is 0 Å². The normalized spacial score (nSPS) is 14.8. The van der Waals surface area contributed by atoms with Gasteiger partial charge in [0.15, 0.2) is 0 Å². The number of carbonyl (C=O) groups excluding carboxylic acids is 2. The number of rotatable bonds is 24. The molecule has 0 saturated carbocycles. The van der Waals surface area contributed by atoms with E-state index in [9.17, 15) is 9.59 Å². The highest BCUT2D eigenvalue weighted by Crippen LogP contribution is 2.18. The lowest BCUT2D eigenvalue weighted by Gasteiger charge is -2.21. The first-order valence-electron chi connectivity index (χ1n) is 15.0. The van der Waals surface area contributed by atoms with Crippen LogP contribution in [0.1, 0.15) is 131 Å². The first-order valence-corrected chi connectivity index (χ1v) is 15.0. The Balaban J connectivity index is 4.81. The summed E-state index contributed by atoms with van der Waals surface area (Å²) >= 11 is 0. The van der Waals surface area contributed by atoms with Crippen LogP contribution in [0.5, 0.6) is 0 Å². The Kier molecular flexibility index (Phi) is 22.6. The molecular weight excluding hydrogens is 438 g/mol. The molecule has 0 fully saturated rings. The molecule has 1 N–H and O–H groups in total. The van der Waals surface area contributed by atoms with Crippen LogP contribution < -0.4 is 5.32 Å². The van der Waals surface area contributed by atoms with Gasteiger partial charge in [-0.1, -0.05) is 99.3 Å². The first-order chi connectivity index (χ1) is 16.9. The standard InChI is InChI=1S/C30H59NO4/c1-7-13-16-25(10-4)21-31-22-28(30(33)35-24-27(12-6)18-15-9-3)19-20-29(32)34-23-26(11-5)17-14-8-2/h25-28,31H,7-24H2,1-6H3. The summed E-state index contributed by atoms with van der Waals surface area (Å²) in [4.78, 5) is 25.4. The lowest BCUT2D eigenvalue weighted by Crippen LogP contribution is -2.34. The highest BCUT2D eigenvalue weighted by atomic mass is 16.5. The fraction of sp³-hybridized carbons (Fsp3) is 0.933. The SMILES string of the molecule is CCCCC(CC)CNCC(CCC(=O)OCC(CC)CCCC)C(=O)OCC(CC)CCCC. The van der Waals surface area contributed by atoms with E-state index in [0.29, 0.717) is 43.9 Å². The fourth-order valence-electron chi connectivity index (χ4n) is 4.40. The van der Waals surface area contributed by atoms with Crippen molar-refractivity contribution >= 4 is 11.9 Å². The zero-order valence-electron chi connectivity index (χ0n) is 24.2. The molecule has 0 bridgehead atoms. The number of esters is 2. The van der Waals surface area contributed by atoms with E-state index >= 15 is 0 Å². The fourth-order valence-corrected chi connectivity index (χ4v) is 4.40. The molecule has 4 atom stereocenters. The van der Waals surface area contributed by atoms with Crippen molar-refractivity contribution in [2.45, 2.75) is 131 Å². The molecule has 0 spiro atoms. The lowest BCUT2D eigenvalue weighted by molar-refractivity contribution is -0.151. The summed E-state index contributed by atoms with van der Waals surface area (Å²) in [6, 6.07) is 0. The molecule has 0 aliphatic heterocycles. The van der Waals surface area contributed by atoms with Gasteiger partial charge in [-0.2, -0.15) is 0 Å². The van der Waals surface area contributed by atoms with Gasteiger partial charge < -0.3 is 14.8 Å². The zero-order valence-corrected chi connectivity index (χ0v) is 24.2. The predicted octanol–water partition coefficient (Wildman–Crippen LogP) is 7.71. The van der Waals surface area contributed by atoms with Crippen molar-refractivity contribution < 1.29 is 19.1 Å². The molecule has 0 saturated heterocycles. The van der Waals surface area contributed by atoms with Crippen molar-refractivity contribution in [3.63, 3.8) is 0 Å². The minimum Gasteiger partial charge on any atom is -0.465 e. The zero-order chi connectivity index (χ0) is 26.3. The molecule has 0 amide bonds. The van der Waals surface area contributed by atoms with E-state index in [1.165, 1.54) is 32.1 Å². The van der Waals surface area contributed by atoms with E-state index in [1.807, 2.05) is 0 Å². The molecule has 208 valence electrons. The number of ether oxygens (including phenoxy) is 2. The minimum absolute atomic E-state index is 0.170. The topological polar surface area (TPSA) is 64.6 Å². The van der Waals surface area contributed by atoms with Gasteiger partial charge in [0.05, 0.1) is 19.1 Å². The molecule has 5 nitrogen and oxygen atoms in total. The second kappa shape index (κ2) is 23.3. The molecule has 0 aliphatic rings. The summed E-state index contributed by atoms with van der Waals surface area (Å²) < 4.78 is 11.3. The van der Waals surface area contributed by atoms with Crippen molar-refractivity contribution in [2.24, 2.45) is 23.7 Å². The number of nitrogens with one attached hydrogen (secondary N) is 1. The number of hydrogen-bond donors (Lipinski definition) is 1. The first kappa shape index (κ1) is 33.9. The van der Waals surface area contributed by atoms with Crippen LogP contribution in [0.3, 0.4) is 0 Å². The summed E-state index contributed by atoms with van der Waals surface area (Å²) in [6.07, 6.45) is 14.5. The average molecular weight is 498 g/mol. The van der Waals surface area contributed by atoms with Crippen LogP contribution in [0.25, 0.3) is 0 Å². The molecule has 0 aromatic rings. The molecule has 5 heteroatoms. The molecule has 0 aromatic carbocycles. The second-order valence-corrected chi connectivity index (χ2v) is 10.5. The van der Waals surface area contributed by atoms with E-state index in [-0.39, 0.29) is 24.3 Å². The van der Waals surface area contributed by atoms with Gasteiger partial charge in [-0.05, 0) is 50.0 Å². The van der Waals surface area contributed by atoms with Gasteiger partial charge in [0, 0.05) is 13.0 Å². The predicted molar refractivity (Wildman–Crippen MR) is 147 cm³/mol. The van der Waals surface area contributed by atoms with Gasteiger partial charge >= 0.3 is 11.9 Å². The molecule has 0 aliphatic carbocycles. The Morgan fingerprint density at radius 2 is 1.11 bits per heavy atom. The highest BCUT2D eigenvalue weighted by Gasteiger charge is 2.23. The maximum Gasteiger partial charge on any atom is 0.310 e. The number of carbonyl (C=O) groups is 2. The Bertz CT molecular complexity index is 511. The Morgan fingerprint density at radius 1 is 0.629 bits per heavy atom. The molecular formula is C30H59NO4. The van der Waals surface area contributed by atoms with E-state index < -0.39 is 0 Å². The van der Waals surface area contributed by atoms with Crippen LogP contribution in [0.2, 0.25) is 0 Å². The third-order valence-electron chi connectivity index (χ3n) is 7.43. The van der Waals surface area contributed by atoms with E-state index in [0.717, 1.165) is 51.5 Å². The molecule has 0 heterocycles. The molecule has 4 unspecified atom stereocenters. The van der Waals surface area contributed by atoms with Crippen molar-refractivity contribution in [3.8, 4) is 0 Å². The Morgan fingerprint density at radius 3 is 1.60 bits per heavy atom. The molecule has 35 heavy (non-hydrogen) atoms. The van der Waals surface area contributed by atoms with Crippen LogP contribution in [-0.2, 0) is 19.1 Å². The molecule has 0 rings (SSSR count). The van der Waals surface area contributed by atoms with Gasteiger partial charge in [0.2, 0.25) is 0 Å². The van der Waals surface area contributed by atoms with Gasteiger partial charge in [-0.15, -0.1) is 0 Å². The van der Waals surface area contributed by atoms with Gasteiger partial charge in [0.25, 0.3) is 0 Å². The van der Waals surface area contributed by atoms with Crippen molar-refractivity contribution in [1.29, 1.82) is 0 Å². The number of unbranched alkanes of at least 4 members (excludes halogenated alkanes) is 3. The quantitative estimate of drug-likeness (QED) is 0.138. The largest absolute Gasteiger partial charge is 0.465 e. The highest BCUT2D eigenvalue weighted by molar-refractivity contribution is 5.74. The monoisotopic (exact) mass is 497 g/mol. The van der Waals surface area contributed by atoms with Crippen LogP contribution in [-0.4, -0.2) is 38.2 Å². The van der Waals surface area contributed by atoms with Crippen LogP contribution in [0, 0.1) is 23.7 Å². The van der Waals surface area contributed by atoms with Crippen molar-refractivity contribution in [3.05, 3.63) is 0 Å². The maximum atomic E-state index is 13.0. The van der Waals surface area contributed by atoms with Gasteiger partial charge in [0.1, 0.15) is 0 Å². The molecule has 0 aromatic heterocycles. The number of hydrogen-bond acceptors (Lipinski definition) is 5. The van der Waals surface area contributed by atoms with E-state index in [1.54, 1.807) is 0 Å². The van der Waals surface area contributed by atoms with Gasteiger partial charge in [-0.3, -0.25) is 9.59 Å². The summed E-state index contributed by atoms with van der Waals surface area (Å²) in [5.74, 6) is 0.813. The second-order valence-electron chi connectivity index (χ2n) is 10.5. The van der Waals surface area contributed by atoms with Gasteiger partial charge in [-0.25, -0.2) is 0 Å².